The Hall–Kier alpha value is -3.16. The van der Waals surface area contributed by atoms with Crippen LogP contribution in [0.15, 0.2) is 71.5 Å². The predicted molar refractivity (Wildman–Crippen MR) is 110 cm³/mol. The van der Waals surface area contributed by atoms with Gasteiger partial charge in [-0.2, -0.15) is 0 Å². The Labute approximate surface area is 170 Å². The lowest BCUT2D eigenvalue weighted by atomic mass is 10.1. The molecule has 0 saturated carbocycles. The second kappa shape index (κ2) is 8.24. The van der Waals surface area contributed by atoms with Crippen molar-refractivity contribution in [2.24, 2.45) is 0 Å². The molecule has 6 nitrogen and oxygen atoms in total. The van der Waals surface area contributed by atoms with E-state index in [1.807, 2.05) is 42.5 Å². The van der Waals surface area contributed by atoms with E-state index < -0.39 is 0 Å². The first kappa shape index (κ1) is 18.2. The molecule has 0 aliphatic rings. The zero-order valence-corrected chi connectivity index (χ0v) is 16.1. The van der Waals surface area contributed by atoms with Gasteiger partial charge in [0.2, 0.25) is 0 Å². The van der Waals surface area contributed by atoms with E-state index in [1.54, 1.807) is 24.5 Å². The van der Waals surface area contributed by atoms with E-state index in [2.05, 4.69) is 20.8 Å². The number of hydrogen-bond donors (Lipinski definition) is 2. The molecule has 0 radical (unpaired) electrons. The summed E-state index contributed by atoms with van der Waals surface area (Å²) < 4.78 is 5.90. The molecule has 140 valence electrons. The second-order valence-corrected chi connectivity index (χ2v) is 7.62. The quantitative estimate of drug-likeness (QED) is 0.461. The molecule has 0 saturated heterocycles. The van der Waals surface area contributed by atoms with Crippen LogP contribution in [-0.2, 0) is 6.54 Å². The molecule has 0 atom stereocenters. The highest BCUT2D eigenvalue weighted by atomic mass is 35.5. The third-order valence-corrected chi connectivity index (χ3v) is 5.16. The van der Waals surface area contributed by atoms with Crippen molar-refractivity contribution in [1.82, 2.24) is 15.5 Å². The molecule has 3 heterocycles. The van der Waals surface area contributed by atoms with Crippen LogP contribution in [0.1, 0.15) is 15.4 Å². The fourth-order valence-corrected chi connectivity index (χ4v) is 3.51. The van der Waals surface area contributed by atoms with Crippen LogP contribution in [-0.4, -0.2) is 16.0 Å². The Balaban J connectivity index is 1.37. The number of anilines is 2. The zero-order valence-electron chi connectivity index (χ0n) is 14.6. The molecule has 8 heteroatoms. The molecule has 0 aliphatic heterocycles. The number of carbonyl (C=O) groups is 1. The Morgan fingerprint density at radius 3 is 2.50 bits per heavy atom. The largest absolute Gasteiger partial charge is 0.359 e. The summed E-state index contributed by atoms with van der Waals surface area (Å²) in [5.41, 5.74) is 3.56. The molecule has 3 aromatic heterocycles. The number of nitrogens with one attached hydrogen (secondary N) is 2. The van der Waals surface area contributed by atoms with Gasteiger partial charge in [-0.3, -0.25) is 9.78 Å². The van der Waals surface area contributed by atoms with Crippen molar-refractivity contribution < 1.29 is 9.32 Å². The van der Waals surface area contributed by atoms with Gasteiger partial charge in [-0.1, -0.05) is 28.9 Å². The lowest BCUT2D eigenvalue weighted by molar-refractivity contribution is 0.0951. The number of aromatic nitrogens is 2. The summed E-state index contributed by atoms with van der Waals surface area (Å²) in [5, 5.41) is 10.2. The minimum Gasteiger partial charge on any atom is -0.359 e. The van der Waals surface area contributed by atoms with E-state index in [-0.39, 0.29) is 12.5 Å². The number of thiophene rings is 1. The monoisotopic (exact) mass is 410 g/mol. The van der Waals surface area contributed by atoms with E-state index >= 15 is 0 Å². The highest BCUT2D eigenvalue weighted by molar-refractivity contribution is 7.17. The lowest BCUT2D eigenvalue weighted by Crippen LogP contribution is -2.21. The van der Waals surface area contributed by atoms with Crippen LogP contribution in [0.4, 0.5) is 11.4 Å². The molecule has 2 N–H and O–H groups in total. The average molecular weight is 411 g/mol. The maximum Gasteiger partial charge on any atom is 0.261 e. The van der Waals surface area contributed by atoms with Crippen LogP contribution in [0.5, 0.6) is 0 Å². The zero-order chi connectivity index (χ0) is 19.3. The summed E-state index contributed by atoms with van der Waals surface area (Å²) in [4.78, 5) is 16.6. The number of hydrogen-bond acceptors (Lipinski definition) is 6. The van der Waals surface area contributed by atoms with Crippen LogP contribution in [0, 0.1) is 0 Å². The summed E-state index contributed by atoms with van der Waals surface area (Å²) in [6.45, 7) is 0.253. The summed E-state index contributed by atoms with van der Waals surface area (Å²) in [6.07, 6.45) is 3.47. The topological polar surface area (TPSA) is 80.0 Å². The molecule has 0 bridgehead atoms. The minimum absolute atomic E-state index is 0.193. The summed E-state index contributed by atoms with van der Waals surface area (Å²) in [6, 6.07) is 16.8. The molecule has 1 amide bonds. The summed E-state index contributed by atoms with van der Waals surface area (Å²) in [7, 11) is 0. The summed E-state index contributed by atoms with van der Waals surface area (Å²) in [5.74, 6) is 0.381. The van der Waals surface area contributed by atoms with E-state index in [0.717, 1.165) is 16.9 Å². The number of halogens is 1. The van der Waals surface area contributed by atoms with Crippen molar-refractivity contribution in [3.05, 3.63) is 82.0 Å². The van der Waals surface area contributed by atoms with Crippen molar-refractivity contribution in [2.75, 3.05) is 5.32 Å². The molecule has 0 fully saturated rings. The van der Waals surface area contributed by atoms with Gasteiger partial charge >= 0.3 is 0 Å². The molecular formula is C20H15ClN4O2S. The third-order valence-electron chi connectivity index (χ3n) is 3.93. The van der Waals surface area contributed by atoms with E-state index in [4.69, 9.17) is 16.1 Å². The highest BCUT2D eigenvalue weighted by Gasteiger charge is 2.11. The van der Waals surface area contributed by atoms with Gasteiger partial charge in [-0.15, -0.1) is 11.3 Å². The van der Waals surface area contributed by atoms with Gasteiger partial charge in [0.1, 0.15) is 5.69 Å². The number of rotatable bonds is 6. The average Bonchev–Trinajstić information content (AvgIpc) is 3.37. The fraction of sp³-hybridized carbons (Fsp3) is 0.0500. The number of carbonyl (C=O) groups excluding carboxylic acids is 1. The molecule has 0 unspecified atom stereocenters. The van der Waals surface area contributed by atoms with E-state index in [0.29, 0.717) is 20.7 Å². The Morgan fingerprint density at radius 2 is 1.79 bits per heavy atom. The lowest BCUT2D eigenvalue weighted by Gasteiger charge is -2.06. The Bertz CT molecular complexity index is 1080. The fourth-order valence-electron chi connectivity index (χ4n) is 2.55. The van der Waals surface area contributed by atoms with Crippen molar-refractivity contribution >= 4 is 40.2 Å². The molecule has 0 aliphatic carbocycles. The molecule has 28 heavy (non-hydrogen) atoms. The number of nitrogens with zero attached hydrogens (tertiary/aromatic N) is 2. The summed E-state index contributed by atoms with van der Waals surface area (Å²) >= 11 is 7.08. The Kier molecular flexibility index (Phi) is 5.36. The van der Waals surface area contributed by atoms with Crippen molar-refractivity contribution in [1.29, 1.82) is 0 Å². The van der Waals surface area contributed by atoms with Gasteiger partial charge in [0, 0.05) is 35.4 Å². The first-order chi connectivity index (χ1) is 13.7. The molecule has 0 spiro atoms. The van der Waals surface area contributed by atoms with Crippen molar-refractivity contribution in [2.45, 2.75) is 6.54 Å². The van der Waals surface area contributed by atoms with Crippen LogP contribution < -0.4 is 10.6 Å². The van der Waals surface area contributed by atoms with Gasteiger partial charge in [-0.05, 0) is 36.4 Å². The van der Waals surface area contributed by atoms with Crippen LogP contribution in [0.3, 0.4) is 0 Å². The van der Waals surface area contributed by atoms with E-state index in [9.17, 15) is 4.79 Å². The first-order valence-electron chi connectivity index (χ1n) is 8.44. The molecule has 4 aromatic rings. The second-order valence-electron chi connectivity index (χ2n) is 5.90. The normalized spacial score (nSPS) is 10.6. The Morgan fingerprint density at radius 1 is 1.04 bits per heavy atom. The standard InChI is InChI=1S/C20H15ClN4O2S/c21-19-6-5-18(28-19)20(26)23-12-16-11-17(25-27-16)13-1-3-14(4-2-13)24-15-7-9-22-10-8-15/h1-11H,12H2,(H,22,24)(H,23,26). The molecular weight excluding hydrogens is 396 g/mol. The first-order valence-corrected chi connectivity index (χ1v) is 9.63. The number of pyridine rings is 1. The van der Waals surface area contributed by atoms with Crippen LogP contribution >= 0.6 is 22.9 Å². The van der Waals surface area contributed by atoms with Gasteiger partial charge in [0.25, 0.3) is 5.91 Å². The number of benzene rings is 1. The van der Waals surface area contributed by atoms with Crippen LogP contribution in [0.2, 0.25) is 4.34 Å². The molecule has 4 rings (SSSR count). The van der Waals surface area contributed by atoms with Gasteiger partial charge < -0.3 is 15.2 Å². The maximum absolute atomic E-state index is 12.1. The molecule has 1 aromatic carbocycles. The van der Waals surface area contributed by atoms with Gasteiger partial charge in [0.15, 0.2) is 5.76 Å². The SMILES string of the molecule is O=C(NCc1cc(-c2ccc(Nc3ccncc3)cc2)no1)c1ccc(Cl)s1. The van der Waals surface area contributed by atoms with Gasteiger partial charge in [-0.25, -0.2) is 0 Å². The maximum atomic E-state index is 12.1. The highest BCUT2D eigenvalue weighted by Crippen LogP contribution is 2.24. The van der Waals surface area contributed by atoms with E-state index in [1.165, 1.54) is 11.3 Å². The van der Waals surface area contributed by atoms with Gasteiger partial charge in [0.05, 0.1) is 15.8 Å². The third kappa shape index (κ3) is 4.39. The van der Waals surface area contributed by atoms with Crippen LogP contribution in [0.25, 0.3) is 11.3 Å². The van der Waals surface area contributed by atoms with Crippen molar-refractivity contribution in [3.63, 3.8) is 0 Å². The predicted octanol–water partition coefficient (Wildman–Crippen LogP) is 5.13. The van der Waals surface area contributed by atoms with Crippen molar-refractivity contribution in [3.8, 4) is 11.3 Å². The number of amides is 1. The minimum atomic E-state index is -0.193. The smallest absolute Gasteiger partial charge is 0.261 e.